The average Bonchev–Trinajstić information content (AvgIpc) is 1.61. The Morgan fingerprint density at radius 2 is 2.50 bits per heavy atom. The molecule has 0 radical (unpaired) electrons. The SMILES string of the molecule is C=COCOC. The predicted octanol–water partition coefficient (Wildman–Crippen LogP) is 0.750. The summed E-state index contributed by atoms with van der Waals surface area (Å²) in [6.07, 6.45) is 1.34. The molecule has 0 atom stereocenters. The Morgan fingerprint density at radius 1 is 1.83 bits per heavy atom. The van der Waals surface area contributed by atoms with Crippen molar-refractivity contribution in [1.29, 1.82) is 0 Å². The van der Waals surface area contributed by atoms with Crippen LogP contribution in [0.15, 0.2) is 12.8 Å². The van der Waals surface area contributed by atoms with Crippen molar-refractivity contribution in [2.75, 3.05) is 13.9 Å². The van der Waals surface area contributed by atoms with Crippen molar-refractivity contribution >= 4 is 0 Å². The fourth-order valence-electron chi connectivity index (χ4n) is 0.116. The van der Waals surface area contributed by atoms with E-state index in [-0.39, 0.29) is 0 Å². The molecule has 0 amide bonds. The molecule has 2 nitrogen and oxygen atoms in total. The maximum atomic E-state index is 4.52. The highest BCUT2D eigenvalue weighted by Crippen LogP contribution is 1.69. The van der Waals surface area contributed by atoms with Gasteiger partial charge < -0.3 is 9.47 Å². The van der Waals surface area contributed by atoms with E-state index < -0.39 is 0 Å². The van der Waals surface area contributed by atoms with Crippen LogP contribution in [0.3, 0.4) is 0 Å². The molecular weight excluding hydrogens is 80.0 g/mol. The van der Waals surface area contributed by atoms with Gasteiger partial charge in [0.25, 0.3) is 0 Å². The van der Waals surface area contributed by atoms with Crippen LogP contribution in [-0.4, -0.2) is 13.9 Å². The van der Waals surface area contributed by atoms with E-state index in [0.717, 1.165) is 0 Å². The van der Waals surface area contributed by atoms with Crippen molar-refractivity contribution < 1.29 is 9.47 Å². The van der Waals surface area contributed by atoms with Crippen molar-refractivity contribution in [1.82, 2.24) is 0 Å². The second kappa shape index (κ2) is 4.50. The van der Waals surface area contributed by atoms with Gasteiger partial charge in [-0.3, -0.25) is 0 Å². The van der Waals surface area contributed by atoms with Crippen LogP contribution >= 0.6 is 0 Å². The number of hydrogen-bond acceptors (Lipinski definition) is 2. The molecule has 0 rings (SSSR count). The second-order valence-corrected chi connectivity index (χ2v) is 0.740. The number of methoxy groups -OCH3 is 1. The molecule has 2 heteroatoms. The first-order chi connectivity index (χ1) is 2.91. The van der Waals surface area contributed by atoms with Crippen molar-refractivity contribution in [2.45, 2.75) is 0 Å². The van der Waals surface area contributed by atoms with Crippen LogP contribution in [0.2, 0.25) is 0 Å². The summed E-state index contributed by atoms with van der Waals surface area (Å²) in [5, 5.41) is 0. The van der Waals surface area contributed by atoms with E-state index in [0.29, 0.717) is 6.79 Å². The number of ether oxygens (including phenoxy) is 2. The molecule has 36 valence electrons. The summed E-state index contributed by atoms with van der Waals surface area (Å²) in [5.74, 6) is 0. The molecule has 0 bridgehead atoms. The lowest BCUT2D eigenvalue weighted by Crippen LogP contribution is -1.86. The maximum Gasteiger partial charge on any atom is 0.187 e. The highest BCUT2D eigenvalue weighted by molar-refractivity contribution is 4.44. The van der Waals surface area contributed by atoms with Gasteiger partial charge in [-0.1, -0.05) is 6.58 Å². The zero-order valence-electron chi connectivity index (χ0n) is 3.81. The first-order valence-electron chi connectivity index (χ1n) is 1.63. The second-order valence-electron chi connectivity index (χ2n) is 0.740. The van der Waals surface area contributed by atoms with E-state index in [2.05, 4.69) is 16.1 Å². The molecule has 0 saturated heterocycles. The third-order valence-electron chi connectivity index (χ3n) is 0.304. The van der Waals surface area contributed by atoms with Gasteiger partial charge in [0, 0.05) is 7.11 Å². The van der Waals surface area contributed by atoms with E-state index in [1.165, 1.54) is 6.26 Å². The van der Waals surface area contributed by atoms with Gasteiger partial charge in [0.05, 0.1) is 6.26 Å². The molecule has 0 N–H and O–H groups in total. The number of rotatable bonds is 3. The summed E-state index contributed by atoms with van der Waals surface area (Å²) in [4.78, 5) is 0. The first-order valence-corrected chi connectivity index (χ1v) is 1.63. The Morgan fingerprint density at radius 3 is 2.67 bits per heavy atom. The van der Waals surface area contributed by atoms with Crippen LogP contribution in [0.4, 0.5) is 0 Å². The molecule has 0 aliphatic heterocycles. The van der Waals surface area contributed by atoms with E-state index in [1.54, 1.807) is 7.11 Å². The van der Waals surface area contributed by atoms with Crippen molar-refractivity contribution in [3.8, 4) is 0 Å². The van der Waals surface area contributed by atoms with E-state index in [9.17, 15) is 0 Å². The Labute approximate surface area is 37.4 Å². The van der Waals surface area contributed by atoms with Crippen molar-refractivity contribution in [3.63, 3.8) is 0 Å². The minimum atomic E-state index is 0.295. The minimum absolute atomic E-state index is 0.295. The topological polar surface area (TPSA) is 18.5 Å². The monoisotopic (exact) mass is 88.1 g/mol. The van der Waals surface area contributed by atoms with Crippen LogP contribution in [0.5, 0.6) is 0 Å². The maximum absolute atomic E-state index is 4.52. The van der Waals surface area contributed by atoms with Gasteiger partial charge in [-0.05, 0) is 0 Å². The highest BCUT2D eigenvalue weighted by atomic mass is 16.7. The predicted molar refractivity (Wildman–Crippen MR) is 23.2 cm³/mol. The van der Waals surface area contributed by atoms with Crippen LogP contribution in [0, 0.1) is 0 Å². The Balaban J connectivity index is 2.49. The molecule has 0 heterocycles. The van der Waals surface area contributed by atoms with Gasteiger partial charge in [-0.15, -0.1) is 0 Å². The smallest absolute Gasteiger partial charge is 0.187 e. The standard InChI is InChI=1S/C4H8O2/c1-3-6-4-5-2/h3H,1,4H2,2H3. The third kappa shape index (κ3) is 3.50. The zero-order valence-corrected chi connectivity index (χ0v) is 3.81. The molecule has 0 saturated carbocycles. The van der Waals surface area contributed by atoms with E-state index >= 15 is 0 Å². The Bertz CT molecular complexity index is 34.5. The lowest BCUT2D eigenvalue weighted by Gasteiger charge is -1.92. The lowest BCUT2D eigenvalue weighted by molar-refractivity contribution is 0.0203. The fourth-order valence-corrected chi connectivity index (χ4v) is 0.116. The summed E-state index contributed by atoms with van der Waals surface area (Å²) in [6, 6.07) is 0. The summed E-state index contributed by atoms with van der Waals surface area (Å²) in [6.45, 7) is 3.59. The van der Waals surface area contributed by atoms with Crippen LogP contribution < -0.4 is 0 Å². The summed E-state index contributed by atoms with van der Waals surface area (Å²) < 4.78 is 9.01. The molecule has 0 aliphatic carbocycles. The van der Waals surface area contributed by atoms with E-state index in [4.69, 9.17) is 0 Å². The Hall–Kier alpha value is -0.500. The van der Waals surface area contributed by atoms with Gasteiger partial charge in [0.2, 0.25) is 0 Å². The van der Waals surface area contributed by atoms with E-state index in [1.807, 2.05) is 0 Å². The summed E-state index contributed by atoms with van der Waals surface area (Å²) in [5.41, 5.74) is 0. The summed E-state index contributed by atoms with van der Waals surface area (Å²) in [7, 11) is 1.56. The highest BCUT2D eigenvalue weighted by Gasteiger charge is 1.66. The zero-order chi connectivity index (χ0) is 4.83. The molecular formula is C4H8O2. The average molecular weight is 88.1 g/mol. The molecule has 0 spiro atoms. The van der Waals surface area contributed by atoms with Gasteiger partial charge in [-0.2, -0.15) is 0 Å². The largest absolute Gasteiger partial charge is 0.476 e. The van der Waals surface area contributed by atoms with Gasteiger partial charge in [0.15, 0.2) is 6.79 Å². The van der Waals surface area contributed by atoms with Gasteiger partial charge in [-0.25, -0.2) is 0 Å². The molecule has 0 aromatic rings. The Kier molecular flexibility index (Phi) is 4.12. The number of hydrogen-bond donors (Lipinski definition) is 0. The van der Waals surface area contributed by atoms with Crippen LogP contribution in [-0.2, 0) is 9.47 Å². The molecule has 0 aromatic carbocycles. The summed E-state index contributed by atoms with van der Waals surface area (Å²) >= 11 is 0. The molecule has 0 unspecified atom stereocenters. The quantitative estimate of drug-likeness (QED) is 0.288. The molecule has 0 fully saturated rings. The van der Waals surface area contributed by atoms with Crippen LogP contribution in [0.1, 0.15) is 0 Å². The van der Waals surface area contributed by atoms with Gasteiger partial charge in [0.1, 0.15) is 0 Å². The third-order valence-corrected chi connectivity index (χ3v) is 0.304. The van der Waals surface area contributed by atoms with Crippen molar-refractivity contribution in [2.24, 2.45) is 0 Å². The minimum Gasteiger partial charge on any atom is -0.476 e. The first kappa shape index (κ1) is 5.50. The lowest BCUT2D eigenvalue weighted by atomic mass is 11.1. The van der Waals surface area contributed by atoms with Gasteiger partial charge >= 0.3 is 0 Å². The molecule has 0 aliphatic rings. The molecule has 6 heavy (non-hydrogen) atoms. The fraction of sp³-hybridized carbons (Fsp3) is 0.500. The normalized spacial score (nSPS) is 7.50. The molecule has 0 aromatic heterocycles. The van der Waals surface area contributed by atoms with Crippen LogP contribution in [0.25, 0.3) is 0 Å². The van der Waals surface area contributed by atoms with Crippen molar-refractivity contribution in [3.05, 3.63) is 12.8 Å².